The Balaban J connectivity index is 2.50. The van der Waals surface area contributed by atoms with Crippen molar-refractivity contribution in [2.24, 2.45) is 0 Å². The van der Waals surface area contributed by atoms with Gasteiger partial charge >= 0.3 is 0 Å². The standard InChI is InChI=1S/C15H25N3O/c1-5-11(2)18(4)10-9-15(19)17-14-8-6-7-13(16)12(14)3/h6-8,11H,5,9-10,16H2,1-4H3,(H,17,19). The van der Waals surface area contributed by atoms with Crippen LogP contribution in [0.25, 0.3) is 0 Å². The van der Waals surface area contributed by atoms with Gasteiger partial charge in [-0.2, -0.15) is 0 Å². The number of carbonyl (C=O) groups excluding carboxylic acids is 1. The number of nitrogen functional groups attached to an aromatic ring is 1. The molecule has 106 valence electrons. The van der Waals surface area contributed by atoms with Crippen molar-refractivity contribution in [3.05, 3.63) is 23.8 Å². The van der Waals surface area contributed by atoms with E-state index in [1.54, 1.807) is 0 Å². The summed E-state index contributed by atoms with van der Waals surface area (Å²) in [6.07, 6.45) is 1.58. The summed E-state index contributed by atoms with van der Waals surface area (Å²) in [6.45, 7) is 7.00. The van der Waals surface area contributed by atoms with Crippen LogP contribution in [0.15, 0.2) is 18.2 Å². The summed E-state index contributed by atoms with van der Waals surface area (Å²) in [5.41, 5.74) is 8.24. The highest BCUT2D eigenvalue weighted by molar-refractivity contribution is 5.92. The van der Waals surface area contributed by atoms with Gasteiger partial charge in [0.25, 0.3) is 0 Å². The molecule has 0 aromatic heterocycles. The van der Waals surface area contributed by atoms with Crippen molar-refractivity contribution >= 4 is 17.3 Å². The first-order valence-electron chi connectivity index (χ1n) is 6.80. The Bertz CT molecular complexity index is 431. The molecule has 0 heterocycles. The third kappa shape index (κ3) is 4.56. The molecule has 0 fully saturated rings. The zero-order valence-corrected chi connectivity index (χ0v) is 12.4. The molecule has 1 unspecified atom stereocenters. The lowest BCUT2D eigenvalue weighted by molar-refractivity contribution is -0.116. The highest BCUT2D eigenvalue weighted by Crippen LogP contribution is 2.20. The van der Waals surface area contributed by atoms with Crippen LogP contribution < -0.4 is 11.1 Å². The van der Waals surface area contributed by atoms with Crippen LogP contribution in [-0.2, 0) is 4.79 Å². The normalized spacial score (nSPS) is 12.5. The highest BCUT2D eigenvalue weighted by atomic mass is 16.1. The summed E-state index contributed by atoms with van der Waals surface area (Å²) in [5, 5.41) is 2.92. The molecule has 1 aromatic rings. The molecule has 0 aliphatic carbocycles. The Morgan fingerprint density at radius 1 is 1.47 bits per heavy atom. The minimum absolute atomic E-state index is 0.0313. The Hall–Kier alpha value is -1.55. The van der Waals surface area contributed by atoms with E-state index >= 15 is 0 Å². The van der Waals surface area contributed by atoms with Crippen LogP contribution in [0.1, 0.15) is 32.3 Å². The largest absolute Gasteiger partial charge is 0.398 e. The van der Waals surface area contributed by atoms with Crippen LogP contribution >= 0.6 is 0 Å². The number of nitrogens with zero attached hydrogens (tertiary/aromatic N) is 1. The first-order chi connectivity index (χ1) is 8.95. The van der Waals surface area contributed by atoms with E-state index in [2.05, 4.69) is 24.1 Å². The quantitative estimate of drug-likeness (QED) is 0.776. The van der Waals surface area contributed by atoms with Crippen molar-refractivity contribution < 1.29 is 4.79 Å². The summed E-state index contributed by atoms with van der Waals surface area (Å²) >= 11 is 0. The van der Waals surface area contributed by atoms with Crippen molar-refractivity contribution in [1.29, 1.82) is 0 Å². The lowest BCUT2D eigenvalue weighted by atomic mass is 10.1. The van der Waals surface area contributed by atoms with E-state index in [0.29, 0.717) is 18.2 Å². The summed E-state index contributed by atoms with van der Waals surface area (Å²) < 4.78 is 0. The van der Waals surface area contributed by atoms with Crippen LogP contribution in [0.2, 0.25) is 0 Å². The average molecular weight is 263 g/mol. The molecule has 1 aromatic carbocycles. The number of anilines is 2. The molecular weight excluding hydrogens is 238 g/mol. The minimum atomic E-state index is 0.0313. The van der Waals surface area contributed by atoms with Crippen molar-refractivity contribution in [1.82, 2.24) is 4.90 Å². The molecule has 0 bridgehead atoms. The fraction of sp³-hybridized carbons (Fsp3) is 0.533. The second-order valence-corrected chi connectivity index (χ2v) is 5.06. The number of amides is 1. The SMILES string of the molecule is CCC(C)N(C)CCC(=O)Nc1cccc(N)c1C. The lowest BCUT2D eigenvalue weighted by Gasteiger charge is -2.23. The van der Waals surface area contributed by atoms with Crippen molar-refractivity contribution in [3.63, 3.8) is 0 Å². The maximum absolute atomic E-state index is 11.9. The van der Waals surface area contributed by atoms with E-state index in [4.69, 9.17) is 5.73 Å². The van der Waals surface area contributed by atoms with E-state index in [1.807, 2.05) is 32.2 Å². The van der Waals surface area contributed by atoms with Crippen LogP contribution in [0.5, 0.6) is 0 Å². The van der Waals surface area contributed by atoms with Gasteiger partial charge in [-0.3, -0.25) is 4.79 Å². The summed E-state index contributed by atoms with van der Waals surface area (Å²) in [7, 11) is 2.05. The van der Waals surface area contributed by atoms with Gasteiger partial charge in [0.05, 0.1) is 0 Å². The lowest BCUT2D eigenvalue weighted by Crippen LogP contribution is -2.31. The summed E-state index contributed by atoms with van der Waals surface area (Å²) in [6, 6.07) is 6.06. The smallest absolute Gasteiger partial charge is 0.225 e. The van der Waals surface area contributed by atoms with Crippen molar-refractivity contribution in [2.75, 3.05) is 24.6 Å². The minimum Gasteiger partial charge on any atom is -0.398 e. The molecule has 4 nitrogen and oxygen atoms in total. The number of rotatable bonds is 6. The molecule has 0 radical (unpaired) electrons. The second-order valence-electron chi connectivity index (χ2n) is 5.06. The molecule has 0 spiro atoms. The van der Waals surface area contributed by atoms with Gasteiger partial charge < -0.3 is 16.0 Å². The molecule has 19 heavy (non-hydrogen) atoms. The number of benzene rings is 1. The van der Waals surface area contributed by atoms with E-state index in [1.165, 1.54) is 0 Å². The van der Waals surface area contributed by atoms with Gasteiger partial charge in [-0.25, -0.2) is 0 Å². The molecule has 0 saturated carbocycles. The fourth-order valence-corrected chi connectivity index (χ4v) is 1.81. The molecule has 0 aliphatic rings. The Labute approximate surface area is 116 Å². The predicted octanol–water partition coefficient (Wildman–Crippen LogP) is 2.64. The third-order valence-electron chi connectivity index (χ3n) is 3.68. The summed E-state index contributed by atoms with van der Waals surface area (Å²) in [4.78, 5) is 14.1. The molecule has 3 N–H and O–H groups in total. The van der Waals surface area contributed by atoms with Crippen molar-refractivity contribution in [2.45, 2.75) is 39.7 Å². The predicted molar refractivity (Wildman–Crippen MR) is 81.2 cm³/mol. The summed E-state index contributed by atoms with van der Waals surface area (Å²) in [5.74, 6) is 0.0313. The van der Waals surface area contributed by atoms with Gasteiger partial charge in [0.1, 0.15) is 0 Å². The molecule has 4 heteroatoms. The van der Waals surface area contributed by atoms with Crippen LogP contribution in [0.4, 0.5) is 11.4 Å². The van der Waals surface area contributed by atoms with E-state index < -0.39 is 0 Å². The highest BCUT2D eigenvalue weighted by Gasteiger charge is 2.10. The van der Waals surface area contributed by atoms with Gasteiger partial charge in [-0.05, 0) is 45.0 Å². The molecule has 0 aliphatic heterocycles. The van der Waals surface area contributed by atoms with Gasteiger partial charge in [-0.1, -0.05) is 13.0 Å². The van der Waals surface area contributed by atoms with Gasteiger partial charge in [-0.15, -0.1) is 0 Å². The number of hydrogen-bond acceptors (Lipinski definition) is 3. The zero-order chi connectivity index (χ0) is 14.4. The Kier molecular flexibility index (Phi) is 5.83. The van der Waals surface area contributed by atoms with Crippen LogP contribution in [0, 0.1) is 6.92 Å². The number of nitrogens with one attached hydrogen (secondary N) is 1. The van der Waals surface area contributed by atoms with E-state index in [0.717, 1.165) is 24.2 Å². The van der Waals surface area contributed by atoms with E-state index in [9.17, 15) is 4.79 Å². The monoisotopic (exact) mass is 263 g/mol. The maximum Gasteiger partial charge on any atom is 0.225 e. The third-order valence-corrected chi connectivity index (χ3v) is 3.68. The van der Waals surface area contributed by atoms with Gasteiger partial charge in [0, 0.05) is 30.4 Å². The number of carbonyl (C=O) groups is 1. The molecule has 1 rings (SSSR count). The maximum atomic E-state index is 11.9. The first kappa shape index (κ1) is 15.5. The molecule has 0 saturated heterocycles. The first-order valence-corrected chi connectivity index (χ1v) is 6.80. The van der Waals surface area contributed by atoms with Crippen LogP contribution in [-0.4, -0.2) is 30.4 Å². The Morgan fingerprint density at radius 2 is 2.16 bits per heavy atom. The van der Waals surface area contributed by atoms with Crippen molar-refractivity contribution in [3.8, 4) is 0 Å². The molecule has 1 atom stereocenters. The Morgan fingerprint density at radius 3 is 2.79 bits per heavy atom. The second kappa shape index (κ2) is 7.14. The van der Waals surface area contributed by atoms with Crippen LogP contribution in [0.3, 0.4) is 0 Å². The topological polar surface area (TPSA) is 58.4 Å². The molecular formula is C15H25N3O. The number of nitrogens with two attached hydrogens (primary N) is 1. The zero-order valence-electron chi connectivity index (χ0n) is 12.4. The number of hydrogen-bond donors (Lipinski definition) is 2. The molecule has 1 amide bonds. The van der Waals surface area contributed by atoms with E-state index in [-0.39, 0.29) is 5.91 Å². The van der Waals surface area contributed by atoms with Gasteiger partial charge in [0.2, 0.25) is 5.91 Å². The average Bonchev–Trinajstić information content (AvgIpc) is 2.40. The fourth-order valence-electron chi connectivity index (χ4n) is 1.81. The van der Waals surface area contributed by atoms with Gasteiger partial charge in [0.15, 0.2) is 0 Å².